The molecule has 0 unspecified atom stereocenters. The molecule has 1 rings (SSSR count). The molecule has 0 radical (unpaired) electrons. The van der Waals surface area contributed by atoms with E-state index in [1.54, 1.807) is 0 Å². The molecule has 20 heavy (non-hydrogen) atoms. The number of esters is 1. The Hall–Kier alpha value is -1.92. The third-order valence-corrected chi connectivity index (χ3v) is 2.84. The molecule has 0 aliphatic carbocycles. The van der Waals surface area contributed by atoms with Crippen molar-refractivity contribution in [2.24, 2.45) is 5.92 Å². The van der Waals surface area contributed by atoms with Crippen molar-refractivity contribution in [3.63, 3.8) is 0 Å². The summed E-state index contributed by atoms with van der Waals surface area (Å²) in [7, 11) is 2.51. The highest BCUT2D eigenvalue weighted by Gasteiger charge is 2.46. The molecule has 7 heteroatoms. The zero-order chi connectivity index (χ0) is 15.3. The maximum atomic E-state index is 13.0. The van der Waals surface area contributed by atoms with Crippen LogP contribution in [0, 0.1) is 5.92 Å². The summed E-state index contributed by atoms with van der Waals surface area (Å²) >= 11 is 0. The molecule has 0 amide bonds. The third-order valence-electron chi connectivity index (χ3n) is 2.84. The predicted octanol–water partition coefficient (Wildman–Crippen LogP) is 2.85. The van der Waals surface area contributed by atoms with Gasteiger partial charge in [-0.05, 0) is 31.2 Å². The van der Waals surface area contributed by atoms with E-state index in [1.165, 1.54) is 38.3 Å². The molecule has 0 spiro atoms. The summed E-state index contributed by atoms with van der Waals surface area (Å²) < 4.78 is 48.3. The largest absolute Gasteiger partial charge is 0.497 e. The topological polar surface area (TPSA) is 47.6 Å². The number of nitrogens with one attached hydrogen (secondary N) is 1. The number of rotatable bonds is 5. The average molecular weight is 291 g/mol. The van der Waals surface area contributed by atoms with Gasteiger partial charge in [0, 0.05) is 5.69 Å². The fourth-order valence-corrected chi connectivity index (χ4v) is 1.68. The summed E-state index contributed by atoms with van der Waals surface area (Å²) in [6, 6.07) is 3.92. The van der Waals surface area contributed by atoms with E-state index in [9.17, 15) is 18.0 Å². The van der Waals surface area contributed by atoms with Crippen molar-refractivity contribution in [2.75, 3.05) is 19.5 Å². The number of anilines is 1. The van der Waals surface area contributed by atoms with Crippen LogP contribution in [-0.4, -0.2) is 32.4 Å². The van der Waals surface area contributed by atoms with Crippen molar-refractivity contribution in [3.8, 4) is 5.75 Å². The highest BCUT2D eigenvalue weighted by molar-refractivity contribution is 5.73. The van der Waals surface area contributed by atoms with Crippen LogP contribution in [0.1, 0.15) is 6.92 Å². The molecular formula is C13H16F3NO3. The maximum absolute atomic E-state index is 13.0. The minimum atomic E-state index is -4.58. The van der Waals surface area contributed by atoms with E-state index in [1.807, 2.05) is 0 Å². The Bertz CT molecular complexity index is 445. The number of hydrogen-bond donors (Lipinski definition) is 1. The van der Waals surface area contributed by atoms with Crippen molar-refractivity contribution < 1.29 is 27.4 Å². The van der Waals surface area contributed by atoms with E-state index < -0.39 is 24.1 Å². The number of ether oxygens (including phenoxy) is 2. The second-order valence-corrected chi connectivity index (χ2v) is 4.20. The van der Waals surface area contributed by atoms with Crippen LogP contribution < -0.4 is 10.1 Å². The number of halogens is 3. The smallest absolute Gasteiger partial charge is 0.409 e. The van der Waals surface area contributed by atoms with E-state index in [2.05, 4.69) is 10.1 Å². The molecule has 1 N–H and O–H groups in total. The van der Waals surface area contributed by atoms with Gasteiger partial charge >= 0.3 is 12.1 Å². The van der Waals surface area contributed by atoms with Gasteiger partial charge in [-0.2, -0.15) is 13.2 Å². The number of carbonyl (C=O) groups is 1. The number of methoxy groups -OCH3 is 2. The molecule has 1 aromatic rings. The monoisotopic (exact) mass is 291 g/mol. The first-order valence-electron chi connectivity index (χ1n) is 5.84. The molecule has 0 heterocycles. The van der Waals surface area contributed by atoms with E-state index in [0.29, 0.717) is 5.75 Å². The molecule has 0 aliphatic heterocycles. The SMILES string of the molecule is COC(=O)[C@H](C)[C@H](Nc1ccc(OC)cc1)C(F)(F)F. The summed E-state index contributed by atoms with van der Waals surface area (Å²) in [4.78, 5) is 11.3. The van der Waals surface area contributed by atoms with Crippen LogP contribution in [0.15, 0.2) is 24.3 Å². The summed E-state index contributed by atoms with van der Waals surface area (Å²) in [6.07, 6.45) is -4.58. The number of alkyl halides is 3. The fourth-order valence-electron chi connectivity index (χ4n) is 1.68. The zero-order valence-electron chi connectivity index (χ0n) is 11.3. The van der Waals surface area contributed by atoms with E-state index in [4.69, 9.17) is 4.74 Å². The van der Waals surface area contributed by atoms with Crippen molar-refractivity contribution in [1.82, 2.24) is 0 Å². The fraction of sp³-hybridized carbons (Fsp3) is 0.462. The molecule has 0 fully saturated rings. The molecule has 0 saturated heterocycles. The highest BCUT2D eigenvalue weighted by Crippen LogP contribution is 2.30. The van der Waals surface area contributed by atoms with Crippen LogP contribution in [0.3, 0.4) is 0 Å². The number of benzene rings is 1. The van der Waals surface area contributed by atoms with Gasteiger partial charge < -0.3 is 14.8 Å². The number of hydrogen-bond acceptors (Lipinski definition) is 4. The summed E-state index contributed by atoms with van der Waals surface area (Å²) in [5.41, 5.74) is 0.240. The van der Waals surface area contributed by atoms with E-state index >= 15 is 0 Å². The Labute approximate surface area is 114 Å². The minimum Gasteiger partial charge on any atom is -0.497 e. The Morgan fingerprint density at radius 1 is 1.20 bits per heavy atom. The van der Waals surface area contributed by atoms with Crippen LogP contribution in [-0.2, 0) is 9.53 Å². The first-order chi connectivity index (χ1) is 9.29. The highest BCUT2D eigenvalue weighted by atomic mass is 19.4. The van der Waals surface area contributed by atoms with Crippen LogP contribution >= 0.6 is 0 Å². The molecule has 2 atom stereocenters. The molecule has 0 saturated carbocycles. The van der Waals surface area contributed by atoms with Crippen LogP contribution in [0.2, 0.25) is 0 Å². The van der Waals surface area contributed by atoms with E-state index in [-0.39, 0.29) is 5.69 Å². The first kappa shape index (κ1) is 16.1. The van der Waals surface area contributed by atoms with Gasteiger partial charge in [0.2, 0.25) is 0 Å². The minimum absolute atomic E-state index is 0.240. The van der Waals surface area contributed by atoms with Crippen LogP contribution in [0.4, 0.5) is 18.9 Å². The zero-order valence-corrected chi connectivity index (χ0v) is 11.3. The second kappa shape index (κ2) is 6.49. The molecular weight excluding hydrogens is 275 g/mol. The summed E-state index contributed by atoms with van der Waals surface area (Å²) in [5.74, 6) is -1.75. The van der Waals surface area contributed by atoms with E-state index in [0.717, 1.165) is 7.11 Å². The normalized spacial score (nSPS) is 14.3. The third kappa shape index (κ3) is 4.04. The Kier molecular flexibility index (Phi) is 5.24. The van der Waals surface area contributed by atoms with Crippen molar-refractivity contribution in [2.45, 2.75) is 19.1 Å². The van der Waals surface area contributed by atoms with Crippen molar-refractivity contribution >= 4 is 11.7 Å². The average Bonchev–Trinajstić information content (AvgIpc) is 2.42. The van der Waals surface area contributed by atoms with Crippen molar-refractivity contribution in [1.29, 1.82) is 0 Å². The quantitative estimate of drug-likeness (QED) is 0.847. The standard InChI is InChI=1S/C13H16F3NO3/c1-8(12(18)20-3)11(13(14,15)16)17-9-4-6-10(19-2)7-5-9/h4-8,11,17H,1-3H3/t8-,11+/m1/s1. The second-order valence-electron chi connectivity index (χ2n) is 4.20. The number of carbonyl (C=O) groups excluding carboxylic acids is 1. The van der Waals surface area contributed by atoms with Gasteiger partial charge in [-0.3, -0.25) is 4.79 Å². The lowest BCUT2D eigenvalue weighted by molar-refractivity contribution is -0.169. The predicted molar refractivity (Wildman–Crippen MR) is 67.6 cm³/mol. The Balaban J connectivity index is 2.92. The van der Waals surface area contributed by atoms with Gasteiger partial charge in [0.15, 0.2) is 0 Å². The Morgan fingerprint density at radius 2 is 1.75 bits per heavy atom. The van der Waals surface area contributed by atoms with Gasteiger partial charge in [-0.25, -0.2) is 0 Å². The van der Waals surface area contributed by atoms with Gasteiger partial charge in [0.05, 0.1) is 20.1 Å². The molecule has 0 aromatic heterocycles. The lowest BCUT2D eigenvalue weighted by Crippen LogP contribution is -2.44. The molecule has 1 aromatic carbocycles. The molecule has 112 valence electrons. The van der Waals surface area contributed by atoms with Crippen LogP contribution in [0.25, 0.3) is 0 Å². The van der Waals surface area contributed by atoms with Crippen molar-refractivity contribution in [3.05, 3.63) is 24.3 Å². The van der Waals surface area contributed by atoms with Gasteiger partial charge in [0.25, 0.3) is 0 Å². The molecule has 0 aliphatic rings. The lowest BCUT2D eigenvalue weighted by Gasteiger charge is -2.26. The molecule has 4 nitrogen and oxygen atoms in total. The lowest BCUT2D eigenvalue weighted by atomic mass is 10.0. The van der Waals surface area contributed by atoms with Gasteiger partial charge in [-0.1, -0.05) is 0 Å². The van der Waals surface area contributed by atoms with Gasteiger partial charge in [0.1, 0.15) is 11.8 Å². The Morgan fingerprint density at radius 3 is 2.15 bits per heavy atom. The molecule has 0 bridgehead atoms. The summed E-state index contributed by atoms with van der Waals surface area (Å²) in [5, 5.41) is 2.30. The van der Waals surface area contributed by atoms with Crippen LogP contribution in [0.5, 0.6) is 5.75 Å². The first-order valence-corrected chi connectivity index (χ1v) is 5.84. The van der Waals surface area contributed by atoms with Gasteiger partial charge in [-0.15, -0.1) is 0 Å². The summed E-state index contributed by atoms with van der Waals surface area (Å²) in [6.45, 7) is 1.17. The maximum Gasteiger partial charge on any atom is 0.409 e.